The van der Waals surface area contributed by atoms with Crippen LogP contribution in [0.15, 0.2) is 17.2 Å². The fourth-order valence-electron chi connectivity index (χ4n) is 2.33. The molecule has 1 radical (unpaired) electrons. The Kier molecular flexibility index (Phi) is 27.9. The van der Waals surface area contributed by atoms with Crippen molar-refractivity contribution in [3.63, 3.8) is 0 Å². The monoisotopic (exact) mass is 410 g/mol. The Morgan fingerprint density at radius 1 is 1.26 bits per heavy atom. The number of amides is 1. The van der Waals surface area contributed by atoms with Crippen molar-refractivity contribution in [3.8, 4) is 0 Å². The van der Waals surface area contributed by atoms with Gasteiger partial charge in [-0.25, -0.2) is 6.08 Å². The summed E-state index contributed by atoms with van der Waals surface area (Å²) in [6, 6.07) is 0. The number of hydrogen-bond donors (Lipinski definition) is 0. The van der Waals surface area contributed by atoms with Crippen LogP contribution >= 0.6 is 0 Å². The summed E-state index contributed by atoms with van der Waals surface area (Å²) in [5, 5.41) is 0. The molecule has 1 N–H and O–H groups in total. The maximum atomic E-state index is 10.5. The van der Waals surface area contributed by atoms with Gasteiger partial charge in [0.2, 0.25) is 0 Å². The molecule has 2 nitrogen and oxygen atoms in total. The molecule has 0 atom stereocenters. The van der Waals surface area contributed by atoms with Gasteiger partial charge in [-0.3, -0.25) is 6.08 Å². The van der Waals surface area contributed by atoms with Gasteiger partial charge in [0.25, 0.3) is 0 Å². The minimum absolute atomic E-state index is 0. The van der Waals surface area contributed by atoms with Crippen molar-refractivity contribution in [1.82, 2.24) is 0 Å². The first-order valence-corrected chi connectivity index (χ1v) is 10.1. The Hall–Kier alpha value is 0.461. The number of allylic oxidation sites excluding steroid dienone is 4. The van der Waals surface area contributed by atoms with Gasteiger partial charge in [0.05, 0.1) is 5.91 Å². The van der Waals surface area contributed by atoms with E-state index in [9.17, 15) is 4.79 Å². The molecular formula is C17H30Cl2NOSiTi. The third kappa shape index (κ3) is 15.7. The van der Waals surface area contributed by atoms with Crippen molar-refractivity contribution < 1.29 is 51.3 Å². The van der Waals surface area contributed by atoms with Gasteiger partial charge in [-0.05, 0) is 12.8 Å². The third-order valence-corrected chi connectivity index (χ3v) is 3.55. The van der Waals surface area contributed by atoms with E-state index in [4.69, 9.17) is 5.73 Å². The molecule has 1 amide bonds. The van der Waals surface area contributed by atoms with Crippen molar-refractivity contribution in [1.29, 1.82) is 0 Å². The molecule has 23 heavy (non-hydrogen) atoms. The van der Waals surface area contributed by atoms with E-state index in [2.05, 4.69) is 39.1 Å². The van der Waals surface area contributed by atoms with Crippen LogP contribution in [0.5, 0.6) is 0 Å². The van der Waals surface area contributed by atoms with Crippen molar-refractivity contribution in [3.05, 3.63) is 29.0 Å². The Morgan fingerprint density at radius 2 is 1.74 bits per heavy atom. The average molecular weight is 411 g/mol. The normalized spacial score (nSPS) is 15.7. The zero-order valence-corrected chi connectivity index (χ0v) is 19.1. The van der Waals surface area contributed by atoms with Gasteiger partial charge in [-0.15, -0.1) is 6.42 Å². The van der Waals surface area contributed by atoms with E-state index in [1.807, 2.05) is 0 Å². The molecule has 2 aliphatic rings. The fraction of sp³-hybridized carbons (Fsp3) is 0.706. The van der Waals surface area contributed by atoms with Crippen molar-refractivity contribution in [2.45, 2.75) is 71.9 Å². The minimum atomic E-state index is -0.352. The number of carbonyl (C=O) groups is 1. The summed E-state index contributed by atoms with van der Waals surface area (Å²) in [7, 11) is 0.750. The van der Waals surface area contributed by atoms with Gasteiger partial charge in [0, 0.05) is 15.4 Å². The molecule has 0 saturated heterocycles. The molecule has 0 aromatic heterocycles. The van der Waals surface area contributed by atoms with E-state index in [1.165, 1.54) is 24.0 Å². The zero-order chi connectivity index (χ0) is 15.4. The smallest absolute Gasteiger partial charge is 1.00 e. The second-order valence-corrected chi connectivity index (χ2v) is 6.62. The summed E-state index contributed by atoms with van der Waals surface area (Å²) in [4.78, 5) is 10.5. The molecule has 0 bridgehead atoms. The molecule has 0 heterocycles. The van der Waals surface area contributed by atoms with Gasteiger partial charge in [0.15, 0.2) is 0 Å². The Labute approximate surface area is 173 Å². The van der Waals surface area contributed by atoms with Crippen LogP contribution in [0, 0.1) is 12.0 Å². The first kappa shape index (κ1) is 31.3. The summed E-state index contributed by atoms with van der Waals surface area (Å²) in [5.41, 5.74) is 9.80. The van der Waals surface area contributed by atoms with Crippen LogP contribution in [0.1, 0.15) is 58.8 Å². The van der Waals surface area contributed by atoms with E-state index in [-0.39, 0.29) is 58.4 Å². The van der Waals surface area contributed by atoms with Crippen molar-refractivity contribution >= 4 is 15.4 Å². The Balaban J connectivity index is -0.000000121. The summed E-state index contributed by atoms with van der Waals surface area (Å²) in [5.74, 6) is -0.270. The molecule has 0 aromatic rings. The minimum Gasteiger partial charge on any atom is -1.00 e. The van der Waals surface area contributed by atoms with Crippen molar-refractivity contribution in [2.24, 2.45) is 5.92 Å². The molecule has 2 aliphatic carbocycles. The van der Waals surface area contributed by atoms with Crippen LogP contribution < -0.4 is 24.8 Å². The summed E-state index contributed by atoms with van der Waals surface area (Å²) in [6.45, 7) is 8.78. The SMILES string of the molecule is CCC1=C(C)C[C-]=C1.C[SiH]C.[Cl-].[Cl-].[NH-]C(=O)C1CCCCC1.[Ti+4]. The maximum Gasteiger partial charge on any atom is 4.00 e. The zero-order valence-electron chi connectivity index (χ0n) is 14.8. The number of hydrogen-bond acceptors (Lipinski definition) is 1. The summed E-state index contributed by atoms with van der Waals surface area (Å²) >= 11 is 0. The van der Waals surface area contributed by atoms with Gasteiger partial charge >= 0.3 is 21.7 Å². The van der Waals surface area contributed by atoms with Gasteiger partial charge < -0.3 is 35.3 Å². The van der Waals surface area contributed by atoms with E-state index < -0.39 is 0 Å². The predicted octanol–water partition coefficient (Wildman–Crippen LogP) is -0.854. The van der Waals surface area contributed by atoms with Gasteiger partial charge in [-0.2, -0.15) is 11.1 Å². The standard InChI is InChI=1S/C8H11.C7H13NO.C2H7Si.2ClH.Ti/c1-3-8-6-4-5-7(8)2;8-7(9)6-4-2-1-3-5-6;1-3-2;;;/h6H,3,5H2,1-2H3;6H,1-5H2,(H2,8,9);3H,1-2H3;2*1H;/q-1;;;;;+4/p-3. The van der Waals surface area contributed by atoms with Crippen LogP contribution in [0.4, 0.5) is 0 Å². The maximum absolute atomic E-state index is 10.5. The van der Waals surface area contributed by atoms with Gasteiger partial charge in [-0.1, -0.05) is 52.6 Å². The summed E-state index contributed by atoms with van der Waals surface area (Å²) < 4.78 is 0. The molecule has 1 fully saturated rings. The van der Waals surface area contributed by atoms with Crippen LogP contribution in [0.2, 0.25) is 13.1 Å². The van der Waals surface area contributed by atoms with Crippen LogP contribution in [0.25, 0.3) is 5.73 Å². The molecule has 2 rings (SSSR count). The first-order valence-electron chi connectivity index (χ1n) is 7.81. The number of nitrogens with one attached hydrogen (secondary N) is 1. The predicted molar refractivity (Wildman–Crippen MR) is 90.2 cm³/mol. The molecule has 0 aromatic carbocycles. The number of carbonyl (C=O) groups excluding carboxylic acids is 1. The molecule has 131 valence electrons. The van der Waals surface area contributed by atoms with Crippen LogP contribution in [-0.4, -0.2) is 15.4 Å². The Morgan fingerprint density at radius 3 is 1.96 bits per heavy atom. The molecule has 6 heteroatoms. The van der Waals surface area contributed by atoms with E-state index >= 15 is 0 Å². The van der Waals surface area contributed by atoms with E-state index in [1.54, 1.807) is 0 Å². The molecule has 0 aliphatic heterocycles. The van der Waals surface area contributed by atoms with Crippen molar-refractivity contribution in [2.75, 3.05) is 0 Å². The van der Waals surface area contributed by atoms with E-state index in [0.29, 0.717) is 0 Å². The third-order valence-electron chi connectivity index (χ3n) is 3.55. The molecule has 0 unspecified atom stereocenters. The summed E-state index contributed by atoms with van der Waals surface area (Å²) in [6.07, 6.45) is 13.0. The van der Waals surface area contributed by atoms with Gasteiger partial charge in [0.1, 0.15) is 0 Å². The first-order chi connectivity index (χ1) is 9.56. The largest absolute Gasteiger partial charge is 4.00 e. The Bertz CT molecular complexity index is 343. The molecular weight excluding hydrogens is 381 g/mol. The topological polar surface area (TPSA) is 40.9 Å². The quantitative estimate of drug-likeness (QED) is 0.431. The second-order valence-electron chi connectivity index (χ2n) is 5.46. The number of rotatable bonds is 2. The van der Waals surface area contributed by atoms with E-state index in [0.717, 1.165) is 41.6 Å². The fourth-order valence-corrected chi connectivity index (χ4v) is 2.33. The van der Waals surface area contributed by atoms with Crippen LogP contribution in [-0.2, 0) is 26.5 Å². The average Bonchev–Trinajstić information content (AvgIpc) is 2.87. The molecule has 0 spiro atoms. The van der Waals surface area contributed by atoms with Crippen LogP contribution in [0.3, 0.4) is 0 Å². The molecule has 1 saturated carbocycles. The second kappa shape index (κ2) is 20.5. The number of halogens is 2.